The fraction of sp³-hybridized carbons (Fsp3) is 0.125. The normalized spacial score (nSPS) is 16.1. The predicted molar refractivity (Wildman–Crippen MR) is 49.1 cm³/mol. The Hall–Kier alpha value is -1.31. The second kappa shape index (κ2) is 2.88. The van der Waals surface area contributed by atoms with Gasteiger partial charge in [0.25, 0.3) is 0 Å². The summed E-state index contributed by atoms with van der Waals surface area (Å²) >= 11 is 0. The van der Waals surface area contributed by atoms with E-state index in [1.807, 2.05) is 0 Å². The standard InChI is InChI=1S/C8H7F5O2S/c1-6(14)15-7-4-2-3-5-8(7)16(9,10,11,12)13/h2-5H,1H3. The van der Waals surface area contributed by atoms with Crippen LogP contribution in [0.3, 0.4) is 0 Å². The minimum absolute atomic E-state index is 0.180. The van der Waals surface area contributed by atoms with Crippen LogP contribution in [-0.2, 0) is 4.79 Å². The molecular weight excluding hydrogens is 255 g/mol. The minimum atomic E-state index is -9.83. The molecule has 92 valence electrons. The lowest BCUT2D eigenvalue weighted by molar-refractivity contribution is -0.132. The second-order valence-corrected chi connectivity index (χ2v) is 5.39. The van der Waals surface area contributed by atoms with Gasteiger partial charge in [-0.15, -0.1) is 0 Å². The number of benzene rings is 1. The molecule has 2 nitrogen and oxygen atoms in total. The molecule has 0 N–H and O–H groups in total. The third-order valence-electron chi connectivity index (χ3n) is 1.52. The van der Waals surface area contributed by atoms with Gasteiger partial charge in [-0.05, 0) is 12.1 Å². The van der Waals surface area contributed by atoms with Gasteiger partial charge in [-0.1, -0.05) is 31.6 Å². The summed E-state index contributed by atoms with van der Waals surface area (Å²) < 4.78 is 66.4. The van der Waals surface area contributed by atoms with E-state index in [-0.39, 0.29) is 6.07 Å². The second-order valence-electron chi connectivity index (χ2n) is 3.01. The zero-order valence-corrected chi connectivity index (χ0v) is 8.74. The van der Waals surface area contributed by atoms with Gasteiger partial charge >= 0.3 is 16.2 Å². The van der Waals surface area contributed by atoms with Gasteiger partial charge in [0.15, 0.2) is 5.75 Å². The molecule has 0 unspecified atom stereocenters. The van der Waals surface area contributed by atoms with Crippen molar-refractivity contribution in [3.63, 3.8) is 0 Å². The molecule has 0 fully saturated rings. The Labute approximate surface area is 87.7 Å². The summed E-state index contributed by atoms with van der Waals surface area (Å²) in [4.78, 5) is 8.28. The number of hydrogen-bond donors (Lipinski definition) is 0. The lowest BCUT2D eigenvalue weighted by Crippen LogP contribution is -2.11. The lowest BCUT2D eigenvalue weighted by atomic mass is 10.3. The Bertz CT molecular complexity index is 438. The summed E-state index contributed by atoms with van der Waals surface area (Å²) in [5.41, 5.74) is 0. The fourth-order valence-corrected chi connectivity index (χ4v) is 1.83. The topological polar surface area (TPSA) is 26.3 Å². The van der Waals surface area contributed by atoms with Crippen LogP contribution in [-0.4, -0.2) is 5.97 Å². The predicted octanol–water partition coefficient (Wildman–Crippen LogP) is 4.27. The van der Waals surface area contributed by atoms with Crippen molar-refractivity contribution in [3.05, 3.63) is 24.3 Å². The first-order chi connectivity index (χ1) is 6.90. The molecule has 1 aromatic rings. The molecule has 1 aromatic carbocycles. The highest BCUT2D eigenvalue weighted by Crippen LogP contribution is 3.03. The Morgan fingerprint density at radius 2 is 1.62 bits per heavy atom. The number of rotatable bonds is 2. The summed E-state index contributed by atoms with van der Waals surface area (Å²) in [6.07, 6.45) is 0. The lowest BCUT2D eigenvalue weighted by Gasteiger charge is -2.40. The summed E-state index contributed by atoms with van der Waals surface area (Å²) in [5.74, 6) is -2.29. The number of carbonyl (C=O) groups is 1. The van der Waals surface area contributed by atoms with E-state index in [0.29, 0.717) is 6.07 Å². The van der Waals surface area contributed by atoms with E-state index in [4.69, 9.17) is 0 Å². The molecule has 16 heavy (non-hydrogen) atoms. The third-order valence-corrected chi connectivity index (χ3v) is 2.69. The SMILES string of the molecule is CC(=O)Oc1ccccc1S(F)(F)(F)(F)F. The maximum atomic E-state index is 12.5. The first-order valence-electron chi connectivity index (χ1n) is 3.92. The zero-order chi connectivity index (χ0) is 12.7. The van der Waals surface area contributed by atoms with Crippen LogP contribution in [0.15, 0.2) is 29.2 Å². The number of hydrogen-bond acceptors (Lipinski definition) is 2. The van der Waals surface area contributed by atoms with Crippen LogP contribution in [0.4, 0.5) is 19.4 Å². The Morgan fingerprint density at radius 1 is 1.12 bits per heavy atom. The molecule has 0 aliphatic heterocycles. The maximum absolute atomic E-state index is 12.5. The third kappa shape index (κ3) is 3.09. The first kappa shape index (κ1) is 12.8. The van der Waals surface area contributed by atoms with E-state index >= 15 is 0 Å². The molecule has 8 heteroatoms. The van der Waals surface area contributed by atoms with Gasteiger partial charge in [-0.25, -0.2) is 0 Å². The monoisotopic (exact) mass is 262 g/mol. The van der Waals surface area contributed by atoms with Crippen molar-refractivity contribution < 1.29 is 29.0 Å². The van der Waals surface area contributed by atoms with Crippen LogP contribution >= 0.6 is 10.2 Å². The first-order valence-corrected chi connectivity index (χ1v) is 5.87. The molecule has 0 bridgehead atoms. The van der Waals surface area contributed by atoms with E-state index in [1.165, 1.54) is 0 Å². The molecule has 0 heterocycles. The van der Waals surface area contributed by atoms with Crippen molar-refractivity contribution in [2.24, 2.45) is 0 Å². The zero-order valence-electron chi connectivity index (χ0n) is 7.92. The molecule has 1 rings (SSSR count). The van der Waals surface area contributed by atoms with Gasteiger partial charge in [0.05, 0.1) is 0 Å². The average molecular weight is 262 g/mol. The van der Waals surface area contributed by atoms with Crippen molar-refractivity contribution in [2.45, 2.75) is 11.8 Å². The van der Waals surface area contributed by atoms with Gasteiger partial charge in [0.1, 0.15) is 4.90 Å². The van der Waals surface area contributed by atoms with Crippen LogP contribution in [0.5, 0.6) is 5.75 Å². The van der Waals surface area contributed by atoms with Crippen LogP contribution in [0.1, 0.15) is 6.92 Å². The van der Waals surface area contributed by atoms with Crippen molar-refractivity contribution >= 4 is 16.2 Å². The maximum Gasteiger partial charge on any atom is 0.313 e. The minimum Gasteiger partial charge on any atom is -0.425 e. The Kier molecular flexibility index (Phi) is 2.29. The van der Waals surface area contributed by atoms with E-state index < -0.39 is 26.8 Å². The number of carbonyl (C=O) groups excluding carboxylic acids is 1. The summed E-state index contributed by atoms with van der Waals surface area (Å²) in [6, 6.07) is 2.69. The quantitative estimate of drug-likeness (QED) is 0.452. The molecule has 0 amide bonds. The largest absolute Gasteiger partial charge is 0.425 e. The molecule has 0 radical (unpaired) electrons. The molecule has 0 aliphatic carbocycles. The smallest absolute Gasteiger partial charge is 0.313 e. The molecule has 0 saturated heterocycles. The Balaban J connectivity index is 3.42. The number of halogens is 5. The highest BCUT2D eigenvalue weighted by molar-refractivity contribution is 8.45. The van der Waals surface area contributed by atoms with Crippen LogP contribution < -0.4 is 4.74 Å². The molecule has 0 saturated carbocycles. The van der Waals surface area contributed by atoms with Gasteiger partial charge in [-0.2, -0.15) is 0 Å². The van der Waals surface area contributed by atoms with Crippen LogP contribution in [0, 0.1) is 0 Å². The number of para-hydroxylation sites is 1. The molecule has 0 aromatic heterocycles. The van der Waals surface area contributed by atoms with Crippen molar-refractivity contribution in [2.75, 3.05) is 0 Å². The Morgan fingerprint density at radius 3 is 2.06 bits per heavy atom. The highest BCUT2D eigenvalue weighted by atomic mass is 32.5. The van der Waals surface area contributed by atoms with Crippen molar-refractivity contribution in [1.82, 2.24) is 0 Å². The molecule has 0 atom stereocenters. The fourth-order valence-electron chi connectivity index (χ4n) is 1.01. The van der Waals surface area contributed by atoms with Crippen molar-refractivity contribution in [3.8, 4) is 5.75 Å². The van der Waals surface area contributed by atoms with Gasteiger partial charge in [0, 0.05) is 6.92 Å². The number of esters is 1. The van der Waals surface area contributed by atoms with E-state index in [0.717, 1.165) is 19.1 Å². The van der Waals surface area contributed by atoms with Gasteiger partial charge in [0.2, 0.25) is 0 Å². The van der Waals surface area contributed by atoms with Gasteiger partial charge < -0.3 is 4.74 Å². The molecular formula is C8H7F5O2S. The van der Waals surface area contributed by atoms with Crippen LogP contribution in [0.2, 0.25) is 0 Å². The van der Waals surface area contributed by atoms with E-state index in [2.05, 4.69) is 4.74 Å². The van der Waals surface area contributed by atoms with Crippen molar-refractivity contribution in [1.29, 1.82) is 0 Å². The summed E-state index contributed by atoms with van der Waals surface area (Å²) in [7, 11) is -9.83. The van der Waals surface area contributed by atoms with Crippen LogP contribution in [0.25, 0.3) is 0 Å². The summed E-state index contributed by atoms with van der Waals surface area (Å²) in [6.45, 7) is 0.822. The average Bonchev–Trinajstić information content (AvgIpc) is 1.99. The van der Waals surface area contributed by atoms with Gasteiger partial charge in [-0.3, -0.25) is 4.79 Å². The molecule has 0 spiro atoms. The summed E-state index contributed by atoms with van der Waals surface area (Å²) in [5, 5.41) is 0. The van der Waals surface area contributed by atoms with E-state index in [9.17, 15) is 24.2 Å². The highest BCUT2D eigenvalue weighted by Gasteiger charge is 2.67. The molecule has 0 aliphatic rings. The van der Waals surface area contributed by atoms with E-state index in [1.54, 1.807) is 0 Å². The number of ether oxygens (including phenoxy) is 1.